The average Bonchev–Trinajstić information content (AvgIpc) is 3.12. The molecule has 0 unspecified atom stereocenters. The molecule has 4 heterocycles. The largest absolute Gasteiger partial charge is 0.369 e. The number of piperazine rings is 1. The van der Waals surface area contributed by atoms with Crippen molar-refractivity contribution in [2.75, 3.05) is 31.1 Å². The first-order chi connectivity index (χ1) is 13.4. The second kappa shape index (κ2) is 7.50. The van der Waals surface area contributed by atoms with E-state index in [1.54, 1.807) is 0 Å². The molecular formula is C20H28N6O2. The lowest BCUT2D eigenvalue weighted by molar-refractivity contribution is -0.00702. The van der Waals surface area contributed by atoms with Crippen molar-refractivity contribution < 1.29 is 9.53 Å². The number of amides is 1. The number of ether oxygens (including phenoxy) is 1. The Kier molecular flexibility index (Phi) is 5.05. The minimum Gasteiger partial charge on any atom is -0.369 e. The van der Waals surface area contributed by atoms with Crippen LogP contribution in [-0.4, -0.2) is 63.3 Å². The molecule has 28 heavy (non-hydrogen) atoms. The van der Waals surface area contributed by atoms with Crippen LogP contribution in [-0.2, 0) is 11.2 Å². The minimum atomic E-state index is -0.0602. The van der Waals surface area contributed by atoms with Crippen molar-refractivity contribution in [3.05, 3.63) is 34.9 Å². The molecule has 150 valence electrons. The van der Waals surface area contributed by atoms with Crippen molar-refractivity contribution in [2.24, 2.45) is 0 Å². The highest BCUT2D eigenvalue weighted by Gasteiger charge is 2.32. The van der Waals surface area contributed by atoms with Gasteiger partial charge >= 0.3 is 0 Å². The van der Waals surface area contributed by atoms with Crippen molar-refractivity contribution in [3.8, 4) is 0 Å². The van der Waals surface area contributed by atoms with Crippen LogP contribution in [0.3, 0.4) is 0 Å². The molecule has 2 aromatic heterocycles. The highest BCUT2D eigenvalue weighted by Crippen LogP contribution is 2.30. The summed E-state index contributed by atoms with van der Waals surface area (Å²) in [6.45, 7) is 11.0. The summed E-state index contributed by atoms with van der Waals surface area (Å²) in [5.41, 5.74) is 3.52. The Hall–Kier alpha value is -2.48. The van der Waals surface area contributed by atoms with Crippen LogP contribution < -0.4 is 4.90 Å². The molecule has 0 bridgehead atoms. The van der Waals surface area contributed by atoms with Crippen LogP contribution >= 0.6 is 0 Å². The van der Waals surface area contributed by atoms with Gasteiger partial charge in [0.15, 0.2) is 5.69 Å². The molecule has 2 aromatic rings. The first kappa shape index (κ1) is 18.9. The molecule has 8 nitrogen and oxygen atoms in total. The summed E-state index contributed by atoms with van der Waals surface area (Å²) in [5.74, 6) is 1.11. The maximum Gasteiger partial charge on any atom is 0.274 e. The fraction of sp³-hybridized carbons (Fsp3) is 0.600. The number of H-pyrrole nitrogens is 1. The Morgan fingerprint density at radius 3 is 2.71 bits per heavy atom. The zero-order chi connectivity index (χ0) is 19.8. The van der Waals surface area contributed by atoms with Crippen molar-refractivity contribution in [2.45, 2.75) is 52.2 Å². The van der Waals surface area contributed by atoms with Gasteiger partial charge in [-0.15, -0.1) is 0 Å². The molecule has 2 atom stereocenters. The highest BCUT2D eigenvalue weighted by molar-refractivity contribution is 5.94. The Balaban J connectivity index is 1.45. The van der Waals surface area contributed by atoms with Crippen LogP contribution in [0.25, 0.3) is 0 Å². The normalized spacial score (nSPS) is 22.5. The quantitative estimate of drug-likeness (QED) is 0.874. The molecule has 2 aliphatic heterocycles. The van der Waals surface area contributed by atoms with Crippen molar-refractivity contribution in [1.82, 2.24) is 25.1 Å². The molecule has 0 saturated carbocycles. The van der Waals surface area contributed by atoms with Gasteiger partial charge in [0.25, 0.3) is 5.91 Å². The molecule has 0 radical (unpaired) electrons. The van der Waals surface area contributed by atoms with Crippen LogP contribution in [0.5, 0.6) is 0 Å². The fourth-order valence-corrected chi connectivity index (χ4v) is 3.95. The lowest BCUT2D eigenvalue weighted by atomic mass is 9.99. The monoisotopic (exact) mass is 384 g/mol. The highest BCUT2D eigenvalue weighted by atomic mass is 16.5. The van der Waals surface area contributed by atoms with E-state index in [0.717, 1.165) is 36.0 Å². The van der Waals surface area contributed by atoms with Crippen LogP contribution in [0, 0.1) is 0 Å². The van der Waals surface area contributed by atoms with Crippen molar-refractivity contribution in [1.29, 1.82) is 0 Å². The number of nitrogens with one attached hydrogen (secondary N) is 1. The number of fused-ring (bicyclic) bond motifs is 1. The number of hydrogen-bond donors (Lipinski definition) is 1. The average molecular weight is 384 g/mol. The van der Waals surface area contributed by atoms with Gasteiger partial charge in [0, 0.05) is 50.1 Å². The van der Waals surface area contributed by atoms with E-state index < -0.39 is 0 Å². The maximum absolute atomic E-state index is 13.1. The number of carbonyl (C=O) groups is 1. The Bertz CT molecular complexity index is 856. The van der Waals surface area contributed by atoms with E-state index in [1.165, 1.54) is 0 Å². The lowest BCUT2D eigenvalue weighted by Gasteiger charge is -2.35. The summed E-state index contributed by atoms with van der Waals surface area (Å²) in [5, 5.41) is 7.35. The molecule has 0 spiro atoms. The number of hydrogen-bond acceptors (Lipinski definition) is 6. The second-order valence-corrected chi connectivity index (χ2v) is 7.97. The van der Waals surface area contributed by atoms with Gasteiger partial charge in [-0.3, -0.25) is 9.89 Å². The second-order valence-electron chi connectivity index (χ2n) is 7.97. The molecule has 0 aliphatic carbocycles. The summed E-state index contributed by atoms with van der Waals surface area (Å²) < 4.78 is 5.82. The molecular weight excluding hydrogens is 356 g/mol. The van der Waals surface area contributed by atoms with E-state index in [9.17, 15) is 4.79 Å². The van der Waals surface area contributed by atoms with Gasteiger partial charge in [-0.1, -0.05) is 13.8 Å². The van der Waals surface area contributed by atoms with E-state index in [4.69, 9.17) is 4.74 Å². The number of carbonyl (C=O) groups excluding carboxylic acids is 1. The molecule has 8 heteroatoms. The Morgan fingerprint density at radius 1 is 1.25 bits per heavy atom. The zero-order valence-corrected chi connectivity index (χ0v) is 17.0. The molecule has 1 N–H and O–H groups in total. The van der Waals surface area contributed by atoms with Gasteiger partial charge in [0.05, 0.1) is 17.9 Å². The van der Waals surface area contributed by atoms with Crippen LogP contribution in [0.15, 0.2) is 12.3 Å². The Labute approximate surface area is 165 Å². The van der Waals surface area contributed by atoms with E-state index in [1.807, 2.05) is 31.0 Å². The minimum absolute atomic E-state index is 0.00435. The first-order valence-corrected chi connectivity index (χ1v) is 10.0. The van der Waals surface area contributed by atoms with Gasteiger partial charge in [-0.25, -0.2) is 9.97 Å². The van der Waals surface area contributed by atoms with E-state index in [2.05, 4.69) is 38.9 Å². The summed E-state index contributed by atoms with van der Waals surface area (Å²) in [7, 11) is 0. The third kappa shape index (κ3) is 3.48. The number of rotatable bonds is 3. The topological polar surface area (TPSA) is 87.2 Å². The summed E-state index contributed by atoms with van der Waals surface area (Å²) in [4.78, 5) is 26.2. The molecule has 0 aromatic carbocycles. The Morgan fingerprint density at radius 2 is 2.00 bits per heavy atom. The van der Waals surface area contributed by atoms with Crippen molar-refractivity contribution in [3.63, 3.8) is 0 Å². The summed E-state index contributed by atoms with van der Waals surface area (Å²) >= 11 is 0. The zero-order valence-electron chi connectivity index (χ0n) is 17.0. The van der Waals surface area contributed by atoms with Gasteiger partial charge in [-0.05, 0) is 25.8 Å². The molecule has 1 saturated heterocycles. The fourth-order valence-electron chi connectivity index (χ4n) is 3.95. The predicted octanol–water partition coefficient (Wildman–Crippen LogP) is 2.31. The van der Waals surface area contributed by atoms with Crippen molar-refractivity contribution >= 4 is 11.9 Å². The number of aromatic amines is 1. The lowest BCUT2D eigenvalue weighted by Crippen LogP contribution is -2.49. The van der Waals surface area contributed by atoms with Crippen LogP contribution in [0.1, 0.15) is 67.2 Å². The number of nitrogens with zero attached hydrogens (tertiary/aromatic N) is 5. The summed E-state index contributed by atoms with van der Waals surface area (Å²) in [6, 6.07) is 1.96. The molecule has 2 aliphatic rings. The van der Waals surface area contributed by atoms with Gasteiger partial charge in [0.2, 0.25) is 5.95 Å². The standard InChI is InChI=1S/C20H28N6O2/c1-12(2)16-5-6-21-20(22-16)26-9-7-25(8-10-26)19(27)18-15-11-13(3)28-14(4)17(15)23-24-18/h5-6,12-14H,7-11H2,1-4H3,(H,23,24)/t13-,14+/m0/s1. The SMILES string of the molecule is CC(C)c1ccnc(N2CCN(C(=O)c3n[nH]c4c3C[C@H](C)O[C@@H]4C)CC2)n1. The number of anilines is 1. The van der Waals surface area contributed by atoms with E-state index in [0.29, 0.717) is 31.1 Å². The maximum atomic E-state index is 13.1. The van der Waals surface area contributed by atoms with Gasteiger partial charge < -0.3 is 14.5 Å². The van der Waals surface area contributed by atoms with E-state index in [-0.39, 0.29) is 18.1 Å². The van der Waals surface area contributed by atoms with E-state index >= 15 is 0 Å². The van der Waals surface area contributed by atoms with Gasteiger partial charge in [0.1, 0.15) is 0 Å². The third-order valence-electron chi connectivity index (χ3n) is 5.54. The molecule has 1 amide bonds. The third-order valence-corrected chi connectivity index (χ3v) is 5.54. The molecule has 1 fully saturated rings. The van der Waals surface area contributed by atoms with Gasteiger partial charge in [-0.2, -0.15) is 5.10 Å². The summed E-state index contributed by atoms with van der Waals surface area (Å²) in [6.07, 6.45) is 2.56. The molecule has 4 rings (SSSR count). The smallest absolute Gasteiger partial charge is 0.274 e. The predicted molar refractivity (Wildman–Crippen MR) is 105 cm³/mol. The van der Waals surface area contributed by atoms with Crippen LogP contribution in [0.4, 0.5) is 5.95 Å². The number of aromatic nitrogens is 4. The first-order valence-electron chi connectivity index (χ1n) is 10.0. The van der Waals surface area contributed by atoms with Crippen LogP contribution in [0.2, 0.25) is 0 Å².